The number of carbonyl (C=O) groups is 2. The molecule has 0 saturated heterocycles. The van der Waals surface area contributed by atoms with Gasteiger partial charge in [0.1, 0.15) is 16.8 Å². The van der Waals surface area contributed by atoms with Crippen LogP contribution in [0.15, 0.2) is 30.3 Å². The smallest absolute Gasteiger partial charge is 0.299 e. The molecule has 21 heavy (non-hydrogen) atoms. The highest BCUT2D eigenvalue weighted by molar-refractivity contribution is 6.52. The first-order chi connectivity index (χ1) is 9.97. The fourth-order valence-electron chi connectivity index (χ4n) is 2.19. The highest BCUT2D eigenvalue weighted by atomic mass is 35.5. The number of nitrogens with zero attached hydrogens (tertiary/aromatic N) is 2. The topological polar surface area (TPSA) is 50.3 Å². The van der Waals surface area contributed by atoms with Gasteiger partial charge in [-0.15, -0.1) is 0 Å². The monoisotopic (exact) mass is 308 g/mol. The molecule has 0 saturated carbocycles. The number of rotatable bonds is 2. The Kier molecular flexibility index (Phi) is 3.17. The zero-order chi connectivity index (χ0) is 15.1. The molecule has 0 aliphatic carbocycles. The second-order valence-electron chi connectivity index (χ2n) is 4.45. The largest absolute Gasteiger partial charge is 0.299 e. The predicted octanol–water partition coefficient (Wildman–Crippen LogP) is 2.74. The summed E-state index contributed by atoms with van der Waals surface area (Å²) < 4.78 is 27.0. The van der Waals surface area contributed by atoms with Gasteiger partial charge in [0.25, 0.3) is 11.7 Å². The van der Waals surface area contributed by atoms with Gasteiger partial charge >= 0.3 is 0 Å². The van der Waals surface area contributed by atoms with Crippen molar-refractivity contribution in [1.29, 1.82) is 0 Å². The van der Waals surface area contributed by atoms with Gasteiger partial charge in [-0.3, -0.25) is 14.5 Å². The third-order valence-corrected chi connectivity index (χ3v) is 3.29. The summed E-state index contributed by atoms with van der Waals surface area (Å²) in [7, 11) is 0. The second-order valence-corrected chi connectivity index (χ2v) is 4.84. The van der Waals surface area contributed by atoms with E-state index in [1.54, 1.807) is 18.2 Å². The first kappa shape index (κ1) is 13.6. The molecule has 0 fully saturated rings. The van der Waals surface area contributed by atoms with E-state index in [0.717, 1.165) is 11.0 Å². The Hall–Kier alpha value is -2.34. The minimum Gasteiger partial charge on any atom is -0.299 e. The number of halogens is 3. The lowest BCUT2D eigenvalue weighted by atomic mass is 10.1. The number of carbonyl (C=O) groups excluding carboxylic acids is 2. The summed E-state index contributed by atoms with van der Waals surface area (Å²) in [6, 6.07) is 6.30. The van der Waals surface area contributed by atoms with Crippen LogP contribution in [-0.4, -0.2) is 16.7 Å². The molecular weight excluding hydrogens is 302 g/mol. The summed E-state index contributed by atoms with van der Waals surface area (Å²) in [5.41, 5.74) is -0.103. The molecule has 0 radical (unpaired) electrons. The van der Waals surface area contributed by atoms with Crippen molar-refractivity contribution in [2.24, 2.45) is 0 Å². The first-order valence-electron chi connectivity index (χ1n) is 5.94. The zero-order valence-electron chi connectivity index (χ0n) is 10.4. The fourth-order valence-corrected chi connectivity index (χ4v) is 2.38. The van der Waals surface area contributed by atoms with Crippen molar-refractivity contribution in [3.05, 3.63) is 58.4 Å². The minimum absolute atomic E-state index is 0.0933. The molecule has 0 spiro atoms. The van der Waals surface area contributed by atoms with Crippen LogP contribution in [0.1, 0.15) is 16.1 Å². The third-order valence-electron chi connectivity index (χ3n) is 3.08. The van der Waals surface area contributed by atoms with Crippen LogP contribution in [0.25, 0.3) is 0 Å². The Bertz CT molecular complexity index is 780. The molecule has 106 valence electrons. The maximum Gasteiger partial charge on any atom is 0.299 e. The Morgan fingerprint density at radius 2 is 1.95 bits per heavy atom. The van der Waals surface area contributed by atoms with Crippen molar-refractivity contribution in [2.75, 3.05) is 4.90 Å². The zero-order valence-corrected chi connectivity index (χ0v) is 11.2. The molecule has 0 atom stereocenters. The average molecular weight is 309 g/mol. The van der Waals surface area contributed by atoms with Gasteiger partial charge in [0, 0.05) is 6.07 Å². The maximum absolute atomic E-state index is 13.7. The average Bonchev–Trinajstić information content (AvgIpc) is 2.64. The summed E-state index contributed by atoms with van der Waals surface area (Å²) in [4.78, 5) is 28.7. The lowest BCUT2D eigenvalue weighted by Crippen LogP contribution is -2.29. The molecule has 1 aliphatic heterocycles. The molecule has 1 aliphatic rings. The molecule has 7 heteroatoms. The van der Waals surface area contributed by atoms with Crippen LogP contribution in [-0.2, 0) is 11.3 Å². The van der Waals surface area contributed by atoms with Crippen LogP contribution >= 0.6 is 11.6 Å². The second kappa shape index (κ2) is 4.89. The van der Waals surface area contributed by atoms with Gasteiger partial charge in [-0.2, -0.15) is 0 Å². The highest BCUT2D eigenvalue weighted by Crippen LogP contribution is 2.33. The summed E-state index contributed by atoms with van der Waals surface area (Å²) >= 11 is 5.74. The van der Waals surface area contributed by atoms with E-state index >= 15 is 0 Å². The van der Waals surface area contributed by atoms with E-state index in [-0.39, 0.29) is 17.4 Å². The van der Waals surface area contributed by atoms with Crippen molar-refractivity contribution in [2.45, 2.75) is 6.54 Å². The van der Waals surface area contributed by atoms with Gasteiger partial charge in [0.2, 0.25) is 0 Å². The number of amides is 1. The quantitative estimate of drug-likeness (QED) is 0.633. The van der Waals surface area contributed by atoms with Crippen LogP contribution in [0.5, 0.6) is 0 Å². The van der Waals surface area contributed by atoms with Gasteiger partial charge in [-0.1, -0.05) is 17.7 Å². The van der Waals surface area contributed by atoms with Crippen LogP contribution in [0.3, 0.4) is 0 Å². The van der Waals surface area contributed by atoms with E-state index in [1.165, 1.54) is 0 Å². The number of fused-ring (bicyclic) bond motifs is 1. The van der Waals surface area contributed by atoms with Gasteiger partial charge in [-0.05, 0) is 18.2 Å². The van der Waals surface area contributed by atoms with Crippen molar-refractivity contribution in [3.63, 3.8) is 0 Å². The molecule has 2 aromatic rings. The molecule has 0 unspecified atom stereocenters. The number of hydrogen-bond donors (Lipinski definition) is 0. The molecule has 0 N–H and O–H groups in total. The molecule has 1 aromatic heterocycles. The van der Waals surface area contributed by atoms with Crippen LogP contribution in [0.2, 0.25) is 5.15 Å². The van der Waals surface area contributed by atoms with Crippen molar-refractivity contribution in [1.82, 2.24) is 4.98 Å². The van der Waals surface area contributed by atoms with E-state index in [4.69, 9.17) is 11.6 Å². The number of Topliss-reactive ketones (excluding diaryl/α,β-unsaturated/α-hetero) is 1. The lowest BCUT2D eigenvalue weighted by Gasteiger charge is -2.16. The lowest BCUT2D eigenvalue weighted by molar-refractivity contribution is -0.114. The molecule has 3 rings (SSSR count). The van der Waals surface area contributed by atoms with Crippen LogP contribution < -0.4 is 4.90 Å². The van der Waals surface area contributed by atoms with Crippen LogP contribution in [0, 0.1) is 11.6 Å². The minimum atomic E-state index is -1.05. The third kappa shape index (κ3) is 2.27. The van der Waals surface area contributed by atoms with Gasteiger partial charge < -0.3 is 0 Å². The van der Waals surface area contributed by atoms with Gasteiger partial charge in [-0.25, -0.2) is 13.8 Å². The Balaban J connectivity index is 2.05. The Morgan fingerprint density at radius 3 is 2.67 bits per heavy atom. The number of anilines is 1. The van der Waals surface area contributed by atoms with Crippen molar-refractivity contribution < 1.29 is 18.4 Å². The summed E-state index contributed by atoms with van der Waals surface area (Å²) in [6.07, 6.45) is 0. The molecule has 4 nitrogen and oxygen atoms in total. The van der Waals surface area contributed by atoms with Gasteiger partial charge in [0.05, 0.1) is 23.5 Å². The number of aromatic nitrogens is 1. The van der Waals surface area contributed by atoms with Crippen molar-refractivity contribution in [3.8, 4) is 0 Å². The number of hydrogen-bond acceptors (Lipinski definition) is 3. The van der Waals surface area contributed by atoms with E-state index in [2.05, 4.69) is 4.98 Å². The van der Waals surface area contributed by atoms with Gasteiger partial charge in [0.15, 0.2) is 0 Å². The molecule has 1 aromatic carbocycles. The Morgan fingerprint density at radius 1 is 1.19 bits per heavy atom. The molecular formula is C14H7ClF2N2O2. The number of pyridine rings is 1. The van der Waals surface area contributed by atoms with Crippen molar-refractivity contribution >= 4 is 29.0 Å². The molecule has 0 bridgehead atoms. The van der Waals surface area contributed by atoms with Crippen LogP contribution in [0.4, 0.5) is 14.5 Å². The maximum atomic E-state index is 13.7. The predicted molar refractivity (Wildman–Crippen MR) is 71.1 cm³/mol. The Labute approximate surface area is 123 Å². The summed E-state index contributed by atoms with van der Waals surface area (Å²) in [6.45, 7) is -0.0962. The first-order valence-corrected chi connectivity index (χ1v) is 6.32. The normalized spacial score (nSPS) is 13.8. The van der Waals surface area contributed by atoms with E-state index < -0.39 is 28.9 Å². The number of ketones is 1. The van der Waals surface area contributed by atoms with E-state index in [9.17, 15) is 18.4 Å². The standard InChI is InChI=1S/C14H7ClF2N2O2/c15-11-3-1-2-8(18-11)6-19-10-5-7(16)4-9(17)12(10)13(20)14(19)21/h1-5H,6H2. The highest BCUT2D eigenvalue weighted by Gasteiger charge is 2.39. The fraction of sp³-hybridized carbons (Fsp3) is 0.0714. The summed E-state index contributed by atoms with van der Waals surface area (Å²) in [5.74, 6) is -3.83. The molecule has 2 heterocycles. The molecule has 1 amide bonds. The SMILES string of the molecule is O=C1C(=O)N(Cc2cccc(Cl)n2)c2cc(F)cc(F)c21. The van der Waals surface area contributed by atoms with E-state index in [0.29, 0.717) is 11.8 Å². The van der Waals surface area contributed by atoms with E-state index in [1.807, 2.05) is 0 Å². The summed E-state index contributed by atoms with van der Waals surface area (Å²) in [5, 5.41) is 0.219. The number of benzene rings is 1.